The van der Waals surface area contributed by atoms with E-state index >= 15 is 0 Å². The van der Waals surface area contributed by atoms with Gasteiger partial charge in [-0.05, 0) is 14.1 Å². The molecular formula is C15H22Cl3HfN-2. The van der Waals surface area contributed by atoms with Crippen LogP contribution in [-0.2, 0) is 25.8 Å². The molecule has 1 aromatic rings. The third-order valence-corrected chi connectivity index (χ3v) is 2.45. The maximum atomic E-state index is 2.99. The van der Waals surface area contributed by atoms with E-state index in [1.807, 2.05) is 18.2 Å². The molecule has 0 saturated heterocycles. The molecule has 0 N–H and O–H groups in total. The van der Waals surface area contributed by atoms with Gasteiger partial charge in [-0.1, -0.05) is 13.0 Å². The average Bonchev–Trinajstić information content (AvgIpc) is 2.88. The first-order valence-corrected chi connectivity index (χ1v) is 5.50. The number of hydrogen-bond donors (Lipinski definition) is 0. The van der Waals surface area contributed by atoms with Crippen LogP contribution in [0.15, 0.2) is 48.6 Å². The van der Waals surface area contributed by atoms with Crippen LogP contribution < -0.4 is 0 Å². The van der Waals surface area contributed by atoms with Crippen molar-refractivity contribution in [2.45, 2.75) is 13.3 Å². The van der Waals surface area contributed by atoms with Gasteiger partial charge >= 0.3 is 0 Å². The SMILES string of the molecule is C[C-](c1ccccc1)N(C)C.Cl.Cl.Cl.[C-]1=CC=CC1.[Hf]. The zero-order valence-corrected chi connectivity index (χ0v) is 18.0. The summed E-state index contributed by atoms with van der Waals surface area (Å²) in [5.74, 6) is 0. The van der Waals surface area contributed by atoms with Crippen LogP contribution >= 0.6 is 37.2 Å². The summed E-state index contributed by atoms with van der Waals surface area (Å²) in [6, 6.07) is 11.7. The first-order chi connectivity index (χ1) is 7.72. The number of benzene rings is 1. The Morgan fingerprint density at radius 3 is 1.90 bits per heavy atom. The molecule has 5 heteroatoms. The van der Waals surface area contributed by atoms with Crippen molar-refractivity contribution in [1.82, 2.24) is 4.90 Å². The van der Waals surface area contributed by atoms with Gasteiger partial charge in [0.05, 0.1) is 0 Å². The molecule has 0 unspecified atom stereocenters. The van der Waals surface area contributed by atoms with Crippen molar-refractivity contribution >= 4 is 37.2 Å². The molecule has 0 aromatic heterocycles. The molecule has 114 valence electrons. The van der Waals surface area contributed by atoms with Crippen molar-refractivity contribution in [2.24, 2.45) is 0 Å². The molecule has 1 nitrogen and oxygen atoms in total. The van der Waals surface area contributed by atoms with E-state index in [0.29, 0.717) is 0 Å². The second-order valence-corrected chi connectivity index (χ2v) is 3.85. The minimum Gasteiger partial charge on any atom is -0.336 e. The largest absolute Gasteiger partial charge is 0.336 e. The van der Waals surface area contributed by atoms with Crippen molar-refractivity contribution < 1.29 is 25.8 Å². The van der Waals surface area contributed by atoms with Crippen molar-refractivity contribution in [1.29, 1.82) is 0 Å². The molecule has 1 aromatic carbocycles. The predicted octanol–water partition coefficient (Wildman–Crippen LogP) is 4.72. The van der Waals surface area contributed by atoms with Gasteiger partial charge < -0.3 is 4.90 Å². The van der Waals surface area contributed by atoms with Crippen LogP contribution in [0.2, 0.25) is 0 Å². The van der Waals surface area contributed by atoms with Crippen molar-refractivity contribution in [3.63, 3.8) is 0 Å². The Morgan fingerprint density at radius 2 is 1.60 bits per heavy atom. The predicted molar refractivity (Wildman–Crippen MR) is 91.5 cm³/mol. The molecular weight excluding hydrogens is 479 g/mol. The molecule has 1 aliphatic rings. The summed E-state index contributed by atoms with van der Waals surface area (Å²) in [7, 11) is 4.12. The topological polar surface area (TPSA) is 3.24 Å². The van der Waals surface area contributed by atoms with Gasteiger partial charge in [0.25, 0.3) is 0 Å². The molecule has 20 heavy (non-hydrogen) atoms. The minimum atomic E-state index is 0. The number of allylic oxidation sites excluding steroid dienone is 4. The summed E-state index contributed by atoms with van der Waals surface area (Å²) in [4.78, 5) is 2.12. The van der Waals surface area contributed by atoms with Gasteiger partial charge in [0, 0.05) is 25.8 Å². The normalized spacial score (nSPS) is 10.0. The fourth-order valence-electron chi connectivity index (χ4n) is 1.28. The molecule has 0 heterocycles. The van der Waals surface area contributed by atoms with E-state index in [4.69, 9.17) is 0 Å². The van der Waals surface area contributed by atoms with Gasteiger partial charge in [-0.3, -0.25) is 6.08 Å². The monoisotopic (exact) mass is 501 g/mol. The Labute approximate surface area is 160 Å². The van der Waals surface area contributed by atoms with Crippen LogP contribution in [0, 0.1) is 12.1 Å². The molecule has 0 saturated carbocycles. The smallest absolute Gasteiger partial charge is 0 e. The molecule has 0 amide bonds. The Balaban J connectivity index is -0.000000124. The Morgan fingerprint density at radius 1 is 1.05 bits per heavy atom. The molecule has 0 bridgehead atoms. The van der Waals surface area contributed by atoms with Gasteiger partial charge in [-0.15, -0.1) is 61.8 Å². The van der Waals surface area contributed by atoms with Gasteiger partial charge in [0.1, 0.15) is 0 Å². The number of halogens is 3. The van der Waals surface area contributed by atoms with E-state index in [2.05, 4.69) is 62.3 Å². The van der Waals surface area contributed by atoms with E-state index in [-0.39, 0.29) is 63.1 Å². The molecule has 0 radical (unpaired) electrons. The average molecular weight is 501 g/mol. The molecule has 0 aliphatic heterocycles. The van der Waals surface area contributed by atoms with Gasteiger partial charge in [0.15, 0.2) is 0 Å². The van der Waals surface area contributed by atoms with Crippen LogP contribution in [0.4, 0.5) is 0 Å². The number of nitrogens with zero attached hydrogens (tertiary/aromatic N) is 1. The fourth-order valence-corrected chi connectivity index (χ4v) is 1.28. The van der Waals surface area contributed by atoms with E-state index in [9.17, 15) is 0 Å². The molecule has 0 spiro atoms. The maximum absolute atomic E-state index is 2.99. The van der Waals surface area contributed by atoms with E-state index < -0.39 is 0 Å². The summed E-state index contributed by atoms with van der Waals surface area (Å²) in [5, 5.41) is 0. The van der Waals surface area contributed by atoms with E-state index in [1.54, 1.807) is 0 Å². The molecule has 0 fully saturated rings. The van der Waals surface area contributed by atoms with Gasteiger partial charge in [-0.25, -0.2) is 12.2 Å². The Kier molecular flexibility index (Phi) is 24.6. The third-order valence-electron chi connectivity index (χ3n) is 2.45. The summed E-state index contributed by atoms with van der Waals surface area (Å²) in [6.45, 7) is 2.12. The zero-order valence-electron chi connectivity index (χ0n) is 12.0. The fraction of sp³-hybridized carbons (Fsp3) is 0.267. The molecule has 0 atom stereocenters. The summed E-state index contributed by atoms with van der Waals surface area (Å²) in [5.41, 5.74) is 1.29. The standard InChI is InChI=1S/C10H14N.C5H5.3ClH.Hf/c1-9(11(2)3)10-7-5-4-6-8-10;1-2-4-5-3-1;;;;/h4-8H,1-3H3;1-3H,4H2;3*1H;/q2*-1;;;;. The Bertz CT molecular complexity index is 343. The summed E-state index contributed by atoms with van der Waals surface area (Å²) in [6.07, 6.45) is 10.0. The van der Waals surface area contributed by atoms with Gasteiger partial charge in [-0.2, -0.15) is 23.8 Å². The van der Waals surface area contributed by atoms with Crippen LogP contribution in [0.25, 0.3) is 0 Å². The summed E-state index contributed by atoms with van der Waals surface area (Å²) >= 11 is 0. The second kappa shape index (κ2) is 17.3. The number of hydrogen-bond acceptors (Lipinski definition) is 1. The minimum absolute atomic E-state index is 0. The first kappa shape index (κ1) is 28.4. The van der Waals surface area contributed by atoms with Crippen LogP contribution in [-0.4, -0.2) is 19.0 Å². The third kappa shape index (κ3) is 12.0. The van der Waals surface area contributed by atoms with E-state index in [0.717, 1.165) is 6.42 Å². The number of rotatable bonds is 2. The van der Waals surface area contributed by atoms with Crippen molar-refractivity contribution in [2.75, 3.05) is 14.1 Å². The zero-order chi connectivity index (χ0) is 11.8. The van der Waals surface area contributed by atoms with Crippen LogP contribution in [0.3, 0.4) is 0 Å². The molecule has 1 aliphatic carbocycles. The maximum Gasteiger partial charge on any atom is 0 e. The Hall–Kier alpha value is 0.270. The molecule has 2 rings (SSSR count). The first-order valence-electron chi connectivity index (χ1n) is 5.50. The summed E-state index contributed by atoms with van der Waals surface area (Å²) < 4.78 is 0. The van der Waals surface area contributed by atoms with Crippen LogP contribution in [0.5, 0.6) is 0 Å². The van der Waals surface area contributed by atoms with Gasteiger partial charge in [0.2, 0.25) is 0 Å². The second-order valence-electron chi connectivity index (χ2n) is 3.85. The van der Waals surface area contributed by atoms with Crippen LogP contribution in [0.1, 0.15) is 18.9 Å². The quantitative estimate of drug-likeness (QED) is 0.419. The van der Waals surface area contributed by atoms with E-state index in [1.165, 1.54) is 11.6 Å². The van der Waals surface area contributed by atoms with Crippen molar-refractivity contribution in [3.8, 4) is 0 Å². The van der Waals surface area contributed by atoms with Crippen molar-refractivity contribution in [3.05, 3.63) is 66.2 Å².